The minimum atomic E-state index is -4.38. The van der Waals surface area contributed by atoms with Gasteiger partial charge < -0.3 is 4.74 Å². The molecule has 0 saturated carbocycles. The number of thiophene rings is 1. The number of ether oxygens (including phenoxy) is 1. The third-order valence-electron chi connectivity index (χ3n) is 1.90. The van der Waals surface area contributed by atoms with Crippen molar-refractivity contribution >= 4 is 11.3 Å². The fourth-order valence-electron chi connectivity index (χ4n) is 1.16. The van der Waals surface area contributed by atoms with Gasteiger partial charge in [-0.2, -0.15) is 18.4 Å². The van der Waals surface area contributed by atoms with Crippen LogP contribution in [-0.2, 0) is 6.18 Å². The SMILES string of the molecule is N#Cc1cccc(Oc2ccc(C(F)(F)F)s2)n1. The van der Waals surface area contributed by atoms with E-state index in [0.717, 1.165) is 6.07 Å². The van der Waals surface area contributed by atoms with Crippen LogP contribution in [0.5, 0.6) is 10.9 Å². The zero-order chi connectivity index (χ0) is 13.2. The average molecular weight is 270 g/mol. The van der Waals surface area contributed by atoms with Gasteiger partial charge in [-0.15, -0.1) is 0 Å². The first-order valence-corrected chi connectivity index (χ1v) is 5.53. The molecule has 0 aliphatic carbocycles. The molecule has 7 heteroatoms. The zero-order valence-electron chi connectivity index (χ0n) is 8.73. The van der Waals surface area contributed by atoms with Crippen molar-refractivity contribution in [2.24, 2.45) is 0 Å². The topological polar surface area (TPSA) is 45.9 Å². The summed E-state index contributed by atoms with van der Waals surface area (Å²) in [6.45, 7) is 0. The standard InChI is InChI=1S/C11H5F3N2OS/c12-11(13,14)8-4-5-10(18-8)17-9-3-1-2-7(6-15)16-9/h1-5H. The minimum Gasteiger partial charge on any atom is -0.428 e. The molecule has 0 fully saturated rings. The molecule has 0 spiro atoms. The van der Waals surface area contributed by atoms with Gasteiger partial charge in [-0.25, -0.2) is 4.98 Å². The van der Waals surface area contributed by atoms with E-state index in [1.807, 2.05) is 6.07 Å². The number of halogens is 3. The quantitative estimate of drug-likeness (QED) is 0.833. The third-order valence-corrected chi connectivity index (χ3v) is 2.91. The van der Waals surface area contributed by atoms with E-state index in [4.69, 9.17) is 10.00 Å². The van der Waals surface area contributed by atoms with Crippen LogP contribution >= 0.6 is 11.3 Å². The molecule has 92 valence electrons. The lowest BCUT2D eigenvalue weighted by molar-refractivity contribution is -0.134. The highest BCUT2D eigenvalue weighted by molar-refractivity contribution is 7.13. The van der Waals surface area contributed by atoms with Crippen molar-refractivity contribution in [2.45, 2.75) is 6.18 Å². The second kappa shape index (κ2) is 4.66. The predicted octanol–water partition coefficient (Wildman–Crippen LogP) is 3.83. The second-order valence-electron chi connectivity index (χ2n) is 3.19. The summed E-state index contributed by atoms with van der Waals surface area (Å²) in [6, 6.07) is 8.45. The summed E-state index contributed by atoms with van der Waals surface area (Å²) in [5.74, 6) is 0.0876. The number of alkyl halides is 3. The van der Waals surface area contributed by atoms with Crippen LogP contribution < -0.4 is 4.74 Å². The molecule has 0 aliphatic rings. The van der Waals surface area contributed by atoms with Crippen LogP contribution in [-0.4, -0.2) is 4.98 Å². The lowest BCUT2D eigenvalue weighted by Gasteiger charge is -2.02. The van der Waals surface area contributed by atoms with Crippen LogP contribution in [0.3, 0.4) is 0 Å². The molecule has 2 aromatic rings. The lowest BCUT2D eigenvalue weighted by atomic mass is 10.4. The van der Waals surface area contributed by atoms with Crippen molar-refractivity contribution in [2.75, 3.05) is 0 Å². The van der Waals surface area contributed by atoms with Gasteiger partial charge in [0.1, 0.15) is 16.6 Å². The molecule has 0 N–H and O–H groups in total. The number of rotatable bonds is 2. The van der Waals surface area contributed by atoms with Crippen LogP contribution in [0, 0.1) is 11.3 Å². The Bertz CT molecular complexity index is 601. The van der Waals surface area contributed by atoms with Crippen LogP contribution in [0.4, 0.5) is 13.2 Å². The Labute approximate surface area is 104 Å². The molecular weight excluding hydrogens is 265 g/mol. The van der Waals surface area contributed by atoms with Crippen molar-refractivity contribution in [1.82, 2.24) is 4.98 Å². The maximum Gasteiger partial charge on any atom is 0.425 e. The van der Waals surface area contributed by atoms with Gasteiger partial charge in [0.05, 0.1) is 0 Å². The van der Waals surface area contributed by atoms with E-state index in [1.165, 1.54) is 18.2 Å². The largest absolute Gasteiger partial charge is 0.428 e. The van der Waals surface area contributed by atoms with Crippen LogP contribution in [0.2, 0.25) is 0 Å². The molecule has 3 nitrogen and oxygen atoms in total. The maximum atomic E-state index is 12.4. The number of hydrogen-bond acceptors (Lipinski definition) is 4. The monoisotopic (exact) mass is 270 g/mol. The molecule has 2 rings (SSSR count). The summed E-state index contributed by atoms with van der Waals surface area (Å²) >= 11 is 0.478. The van der Waals surface area contributed by atoms with Gasteiger partial charge in [0.15, 0.2) is 5.06 Å². The second-order valence-corrected chi connectivity index (χ2v) is 4.24. The molecule has 0 saturated heterocycles. The summed E-state index contributed by atoms with van der Waals surface area (Å²) in [4.78, 5) is 3.06. The van der Waals surface area contributed by atoms with Gasteiger partial charge in [-0.05, 0) is 18.2 Å². The number of nitriles is 1. The first-order chi connectivity index (χ1) is 8.49. The molecule has 0 aromatic carbocycles. The first kappa shape index (κ1) is 12.4. The van der Waals surface area contributed by atoms with Gasteiger partial charge in [0.2, 0.25) is 5.88 Å². The van der Waals surface area contributed by atoms with Crippen molar-refractivity contribution < 1.29 is 17.9 Å². The van der Waals surface area contributed by atoms with E-state index in [2.05, 4.69) is 4.98 Å². The van der Waals surface area contributed by atoms with Gasteiger partial charge in [0.25, 0.3) is 0 Å². The summed E-state index contributed by atoms with van der Waals surface area (Å²) in [6.07, 6.45) is -4.38. The Morgan fingerprint density at radius 1 is 1.22 bits per heavy atom. The molecule has 18 heavy (non-hydrogen) atoms. The van der Waals surface area contributed by atoms with E-state index in [1.54, 1.807) is 6.07 Å². The number of nitrogens with zero attached hydrogens (tertiary/aromatic N) is 2. The Morgan fingerprint density at radius 3 is 2.61 bits per heavy atom. The molecule has 2 aromatic heterocycles. The zero-order valence-corrected chi connectivity index (χ0v) is 9.55. The van der Waals surface area contributed by atoms with Crippen molar-refractivity contribution in [3.63, 3.8) is 0 Å². The van der Waals surface area contributed by atoms with Crippen molar-refractivity contribution in [1.29, 1.82) is 5.26 Å². The predicted molar refractivity (Wildman–Crippen MR) is 58.3 cm³/mol. The number of aromatic nitrogens is 1. The molecular formula is C11H5F3N2OS. The number of hydrogen-bond donors (Lipinski definition) is 0. The molecule has 2 heterocycles. The van der Waals surface area contributed by atoms with Crippen molar-refractivity contribution in [3.8, 4) is 17.0 Å². The molecule has 0 radical (unpaired) electrons. The van der Waals surface area contributed by atoms with Gasteiger partial charge in [-0.3, -0.25) is 0 Å². The van der Waals surface area contributed by atoms with E-state index in [0.29, 0.717) is 11.3 Å². The first-order valence-electron chi connectivity index (χ1n) is 4.71. The van der Waals surface area contributed by atoms with Gasteiger partial charge in [-0.1, -0.05) is 17.4 Å². The maximum absolute atomic E-state index is 12.4. The molecule has 0 amide bonds. The average Bonchev–Trinajstić information content (AvgIpc) is 2.77. The summed E-state index contributed by atoms with van der Waals surface area (Å²) in [5, 5.41) is 8.70. The van der Waals surface area contributed by atoms with E-state index in [9.17, 15) is 13.2 Å². The molecule has 0 unspecified atom stereocenters. The fourth-order valence-corrected chi connectivity index (χ4v) is 1.90. The highest BCUT2D eigenvalue weighted by Crippen LogP contribution is 2.38. The van der Waals surface area contributed by atoms with Crippen molar-refractivity contribution in [3.05, 3.63) is 40.9 Å². The minimum absolute atomic E-state index is 0.0740. The smallest absolute Gasteiger partial charge is 0.425 e. The molecule has 0 aliphatic heterocycles. The molecule has 0 atom stereocenters. The summed E-state index contributed by atoms with van der Waals surface area (Å²) in [5.41, 5.74) is 0.139. The Kier molecular flexibility index (Phi) is 3.21. The Balaban J connectivity index is 2.19. The highest BCUT2D eigenvalue weighted by Gasteiger charge is 2.32. The van der Waals surface area contributed by atoms with Gasteiger partial charge in [0, 0.05) is 6.07 Å². The van der Waals surface area contributed by atoms with Crippen LogP contribution in [0.25, 0.3) is 0 Å². The normalized spacial score (nSPS) is 11.0. The molecule has 0 bridgehead atoms. The summed E-state index contributed by atoms with van der Waals surface area (Å²) in [7, 11) is 0. The Hall–Kier alpha value is -2.07. The Morgan fingerprint density at radius 2 is 2.00 bits per heavy atom. The van der Waals surface area contributed by atoms with E-state index < -0.39 is 11.1 Å². The number of pyridine rings is 1. The lowest BCUT2D eigenvalue weighted by Crippen LogP contribution is -2.00. The van der Waals surface area contributed by atoms with Gasteiger partial charge >= 0.3 is 6.18 Å². The highest BCUT2D eigenvalue weighted by atomic mass is 32.1. The third kappa shape index (κ3) is 2.78. The van der Waals surface area contributed by atoms with Crippen LogP contribution in [0.15, 0.2) is 30.3 Å². The fraction of sp³-hybridized carbons (Fsp3) is 0.0909. The van der Waals surface area contributed by atoms with E-state index >= 15 is 0 Å². The van der Waals surface area contributed by atoms with Crippen LogP contribution in [0.1, 0.15) is 10.6 Å². The summed E-state index contributed by atoms with van der Waals surface area (Å²) < 4.78 is 42.2. The van der Waals surface area contributed by atoms with E-state index in [-0.39, 0.29) is 16.6 Å².